The molecular formula is C11H17NO4. The molecule has 1 saturated heterocycles. The van der Waals surface area contributed by atoms with E-state index < -0.39 is 11.9 Å². The molecule has 1 aliphatic carbocycles. The Morgan fingerprint density at radius 2 is 2.19 bits per heavy atom. The van der Waals surface area contributed by atoms with E-state index in [0.29, 0.717) is 18.9 Å². The number of methoxy groups -OCH3 is 1. The molecule has 1 N–H and O–H groups in total. The lowest BCUT2D eigenvalue weighted by Crippen LogP contribution is -2.31. The second-order valence-corrected chi connectivity index (χ2v) is 4.68. The van der Waals surface area contributed by atoms with Crippen LogP contribution >= 0.6 is 0 Å². The topological polar surface area (TPSA) is 66.8 Å². The Balaban J connectivity index is 1.82. The van der Waals surface area contributed by atoms with Gasteiger partial charge in [-0.3, -0.25) is 9.59 Å². The highest BCUT2D eigenvalue weighted by atomic mass is 16.5. The Labute approximate surface area is 94.4 Å². The van der Waals surface area contributed by atoms with Crippen LogP contribution in [-0.2, 0) is 14.3 Å². The summed E-state index contributed by atoms with van der Waals surface area (Å²) in [5.41, 5.74) is 0. The maximum absolute atomic E-state index is 11.9. The van der Waals surface area contributed by atoms with E-state index in [0.717, 1.165) is 19.5 Å². The Morgan fingerprint density at radius 3 is 2.75 bits per heavy atom. The second-order valence-electron chi connectivity index (χ2n) is 4.68. The average Bonchev–Trinajstić information content (AvgIpc) is 2.92. The van der Waals surface area contributed by atoms with Gasteiger partial charge in [-0.1, -0.05) is 0 Å². The summed E-state index contributed by atoms with van der Waals surface area (Å²) in [6.07, 6.45) is 1.48. The first-order chi connectivity index (χ1) is 7.63. The van der Waals surface area contributed by atoms with Gasteiger partial charge in [-0.25, -0.2) is 0 Å². The van der Waals surface area contributed by atoms with E-state index in [1.807, 2.05) is 0 Å². The van der Waals surface area contributed by atoms with Gasteiger partial charge in [-0.2, -0.15) is 0 Å². The van der Waals surface area contributed by atoms with E-state index in [9.17, 15) is 9.59 Å². The van der Waals surface area contributed by atoms with E-state index in [1.54, 1.807) is 12.0 Å². The molecular weight excluding hydrogens is 210 g/mol. The minimum absolute atomic E-state index is 0.0194. The fraction of sp³-hybridized carbons (Fsp3) is 0.818. The van der Waals surface area contributed by atoms with Crippen LogP contribution in [0, 0.1) is 17.8 Å². The van der Waals surface area contributed by atoms with Crippen molar-refractivity contribution in [2.45, 2.75) is 12.8 Å². The van der Waals surface area contributed by atoms with Crippen LogP contribution in [0.15, 0.2) is 0 Å². The van der Waals surface area contributed by atoms with Gasteiger partial charge in [0.1, 0.15) is 0 Å². The van der Waals surface area contributed by atoms with E-state index >= 15 is 0 Å². The molecule has 0 bridgehead atoms. The van der Waals surface area contributed by atoms with E-state index in [4.69, 9.17) is 9.84 Å². The summed E-state index contributed by atoms with van der Waals surface area (Å²) in [4.78, 5) is 24.4. The van der Waals surface area contributed by atoms with Gasteiger partial charge in [0.25, 0.3) is 0 Å². The Bertz CT molecular complexity index is 304. The van der Waals surface area contributed by atoms with Gasteiger partial charge in [-0.15, -0.1) is 0 Å². The van der Waals surface area contributed by atoms with Crippen molar-refractivity contribution < 1.29 is 19.4 Å². The summed E-state index contributed by atoms with van der Waals surface area (Å²) in [7, 11) is 1.66. The number of aliphatic carboxylic acids is 1. The van der Waals surface area contributed by atoms with Crippen molar-refractivity contribution in [3.63, 3.8) is 0 Å². The largest absolute Gasteiger partial charge is 0.481 e. The lowest BCUT2D eigenvalue weighted by atomic mass is 10.1. The first kappa shape index (κ1) is 11.4. The normalized spacial score (nSPS) is 32.8. The first-order valence-electron chi connectivity index (χ1n) is 5.64. The van der Waals surface area contributed by atoms with Crippen molar-refractivity contribution in [2.75, 3.05) is 26.8 Å². The van der Waals surface area contributed by atoms with Gasteiger partial charge < -0.3 is 14.7 Å². The number of hydrogen-bond acceptors (Lipinski definition) is 3. The quantitative estimate of drug-likeness (QED) is 0.745. The zero-order valence-electron chi connectivity index (χ0n) is 9.39. The number of likely N-dealkylation sites (tertiary alicyclic amines) is 1. The molecule has 16 heavy (non-hydrogen) atoms. The number of nitrogens with zero attached hydrogens (tertiary/aromatic N) is 1. The van der Waals surface area contributed by atoms with Gasteiger partial charge in [0.2, 0.25) is 5.91 Å². The van der Waals surface area contributed by atoms with Crippen LogP contribution < -0.4 is 0 Å². The maximum atomic E-state index is 11.9. The van der Waals surface area contributed by atoms with Crippen LogP contribution in [0.1, 0.15) is 12.8 Å². The van der Waals surface area contributed by atoms with Gasteiger partial charge in [-0.05, 0) is 12.8 Å². The number of ether oxygens (including phenoxy) is 1. The standard InChI is InChI=1S/C11H17NO4/c1-16-6-7-2-3-12(5-7)10(13)8-4-9(8)11(14)15/h7-9H,2-6H2,1H3,(H,14,15). The van der Waals surface area contributed by atoms with Gasteiger partial charge >= 0.3 is 5.97 Å². The molecule has 1 amide bonds. The Morgan fingerprint density at radius 1 is 1.44 bits per heavy atom. The van der Waals surface area contributed by atoms with Crippen molar-refractivity contribution in [1.29, 1.82) is 0 Å². The van der Waals surface area contributed by atoms with Crippen LogP contribution in [0.2, 0.25) is 0 Å². The predicted octanol–water partition coefficient (Wildman–Crippen LogP) is 0.202. The second kappa shape index (κ2) is 4.41. The fourth-order valence-corrected chi connectivity index (χ4v) is 2.38. The fourth-order valence-electron chi connectivity index (χ4n) is 2.38. The zero-order chi connectivity index (χ0) is 11.7. The molecule has 0 aromatic heterocycles. The molecule has 5 nitrogen and oxygen atoms in total. The summed E-state index contributed by atoms with van der Waals surface area (Å²) >= 11 is 0. The van der Waals surface area contributed by atoms with Gasteiger partial charge in [0.15, 0.2) is 0 Å². The molecule has 3 atom stereocenters. The lowest BCUT2D eigenvalue weighted by molar-refractivity contribution is -0.141. The maximum Gasteiger partial charge on any atom is 0.307 e. The summed E-state index contributed by atoms with van der Waals surface area (Å²) in [6.45, 7) is 2.14. The summed E-state index contributed by atoms with van der Waals surface area (Å²) in [5, 5.41) is 8.76. The molecule has 1 saturated carbocycles. The van der Waals surface area contributed by atoms with Crippen molar-refractivity contribution >= 4 is 11.9 Å². The molecule has 0 aromatic rings. The lowest BCUT2D eigenvalue weighted by Gasteiger charge is -2.16. The number of carbonyl (C=O) groups is 2. The van der Waals surface area contributed by atoms with E-state index in [2.05, 4.69) is 0 Å². The van der Waals surface area contributed by atoms with Gasteiger partial charge in [0.05, 0.1) is 18.4 Å². The third-order valence-electron chi connectivity index (χ3n) is 3.42. The van der Waals surface area contributed by atoms with Crippen molar-refractivity contribution in [2.24, 2.45) is 17.8 Å². The molecule has 3 unspecified atom stereocenters. The number of amides is 1. The molecule has 90 valence electrons. The van der Waals surface area contributed by atoms with Crippen molar-refractivity contribution in [1.82, 2.24) is 4.90 Å². The molecule has 0 aromatic carbocycles. The first-order valence-corrected chi connectivity index (χ1v) is 5.64. The van der Waals surface area contributed by atoms with Crippen LogP contribution in [-0.4, -0.2) is 48.7 Å². The minimum Gasteiger partial charge on any atom is -0.481 e. The summed E-state index contributed by atoms with van der Waals surface area (Å²) in [6, 6.07) is 0. The average molecular weight is 227 g/mol. The number of carboxylic acid groups (broad SMARTS) is 1. The summed E-state index contributed by atoms with van der Waals surface area (Å²) < 4.78 is 5.06. The molecule has 1 aliphatic heterocycles. The van der Waals surface area contributed by atoms with Crippen LogP contribution in [0.25, 0.3) is 0 Å². The van der Waals surface area contributed by atoms with Crippen molar-refractivity contribution in [3.05, 3.63) is 0 Å². The Hall–Kier alpha value is -1.10. The van der Waals surface area contributed by atoms with Crippen LogP contribution in [0.3, 0.4) is 0 Å². The highest BCUT2D eigenvalue weighted by Gasteiger charge is 2.50. The summed E-state index contributed by atoms with van der Waals surface area (Å²) in [5.74, 6) is -1.11. The molecule has 0 spiro atoms. The van der Waals surface area contributed by atoms with E-state index in [1.165, 1.54) is 0 Å². The van der Waals surface area contributed by atoms with Crippen LogP contribution in [0.4, 0.5) is 0 Å². The third-order valence-corrected chi connectivity index (χ3v) is 3.42. The smallest absolute Gasteiger partial charge is 0.307 e. The SMILES string of the molecule is COCC1CCN(C(=O)C2CC2C(=O)O)C1. The number of hydrogen-bond donors (Lipinski definition) is 1. The number of carboxylic acids is 1. The monoisotopic (exact) mass is 227 g/mol. The van der Waals surface area contributed by atoms with Crippen molar-refractivity contribution in [3.8, 4) is 0 Å². The Kier molecular flexibility index (Phi) is 3.14. The highest BCUT2D eigenvalue weighted by Crippen LogP contribution is 2.40. The molecule has 1 heterocycles. The molecule has 2 aliphatic rings. The highest BCUT2D eigenvalue weighted by molar-refractivity contribution is 5.89. The minimum atomic E-state index is -0.842. The predicted molar refractivity (Wildman–Crippen MR) is 55.8 cm³/mol. The number of rotatable bonds is 4. The number of carbonyl (C=O) groups excluding carboxylic acids is 1. The molecule has 5 heteroatoms. The van der Waals surface area contributed by atoms with Gasteiger partial charge in [0, 0.05) is 26.1 Å². The third kappa shape index (κ3) is 2.19. The van der Waals surface area contributed by atoms with E-state index in [-0.39, 0.29) is 11.8 Å². The molecule has 2 rings (SSSR count). The molecule has 2 fully saturated rings. The molecule has 0 radical (unpaired) electrons. The zero-order valence-corrected chi connectivity index (χ0v) is 9.39. The van der Waals surface area contributed by atoms with Crippen LogP contribution in [0.5, 0.6) is 0 Å².